The van der Waals surface area contributed by atoms with Crippen LogP contribution in [0.5, 0.6) is 0 Å². The molecule has 3 saturated carbocycles. The van der Waals surface area contributed by atoms with Crippen molar-refractivity contribution in [3.05, 3.63) is 11.6 Å². The van der Waals surface area contributed by atoms with Gasteiger partial charge in [0.15, 0.2) is 6.10 Å². The normalized spacial score (nSPS) is 45.3. The Morgan fingerprint density at radius 3 is 2.62 bits per heavy atom. The third-order valence-corrected chi connectivity index (χ3v) is 11.1. The molecule has 1 heterocycles. The smallest absolute Gasteiger partial charge is 0.302 e. The van der Waals surface area contributed by atoms with Gasteiger partial charge in [0, 0.05) is 19.8 Å². The summed E-state index contributed by atoms with van der Waals surface area (Å²) in [6, 6.07) is 0. The van der Waals surface area contributed by atoms with Crippen molar-refractivity contribution in [3.8, 4) is 0 Å². The first kappa shape index (κ1) is 24.3. The van der Waals surface area contributed by atoms with Gasteiger partial charge in [-0.3, -0.25) is 4.79 Å². The topological polar surface area (TPSA) is 68.1 Å². The van der Waals surface area contributed by atoms with Crippen molar-refractivity contribution in [2.24, 2.45) is 45.6 Å². The van der Waals surface area contributed by atoms with E-state index in [1.54, 1.807) is 0 Å². The highest BCUT2D eigenvalue weighted by atomic mass is 16.7. The minimum atomic E-state index is -0.863. The second-order valence-corrected chi connectivity index (χ2v) is 13.2. The fraction of sp³-hybridized carbons (Fsp3) is 0.862. The molecule has 1 N–H and O–H groups in total. The number of carbonyl (C=O) groups excluding carboxylic acids is 1. The Balaban J connectivity index is 1.35. The first-order valence-electron chi connectivity index (χ1n) is 13.8. The fourth-order valence-electron chi connectivity index (χ4n) is 9.20. The summed E-state index contributed by atoms with van der Waals surface area (Å²) in [6.45, 7) is 12.8. The van der Waals surface area contributed by atoms with Crippen molar-refractivity contribution in [1.82, 2.24) is 0 Å². The van der Waals surface area contributed by atoms with Crippen molar-refractivity contribution < 1.29 is 19.5 Å². The number of hydrogen-bond acceptors (Lipinski definition) is 5. The molecule has 0 aromatic carbocycles. The van der Waals surface area contributed by atoms with Crippen LogP contribution in [0.1, 0.15) is 99.3 Å². The molecule has 5 aliphatic rings. The third-order valence-electron chi connectivity index (χ3n) is 11.1. The zero-order valence-corrected chi connectivity index (χ0v) is 22.1. The standard InChI is InChI=1S/C29H45NO4/c1-17(2)24-16-26(34-30-24)29(6,32)25-10-9-22-21-8-7-19-15-20(33-18(3)31)11-13-27(19,4)23(21)12-14-28(22,25)5/h7,17,20-23,25-26,32H,8-16H2,1-6H3/t20-,21+,22-,23-,25-,26+,27-,28-,29+/m0/s1. The SMILES string of the molecule is CC(=O)O[C@H]1CC[C@@]2(C)C(=CC[C@@H]3[C@@H]4CC[C@H]([C@@](C)(O)[C@H]5CC(C(C)C)=NO5)[C@@]4(C)CC[C@@H]32)C1. The molecule has 3 fully saturated rings. The van der Waals surface area contributed by atoms with Gasteiger partial charge >= 0.3 is 5.97 Å². The van der Waals surface area contributed by atoms with Crippen LogP contribution in [0.3, 0.4) is 0 Å². The highest BCUT2D eigenvalue weighted by Gasteiger charge is 2.63. The lowest BCUT2D eigenvalue weighted by Crippen LogP contribution is -2.55. The number of carbonyl (C=O) groups is 1. The average molecular weight is 472 g/mol. The van der Waals surface area contributed by atoms with Gasteiger partial charge in [0.1, 0.15) is 11.7 Å². The molecular weight excluding hydrogens is 426 g/mol. The van der Waals surface area contributed by atoms with E-state index in [2.05, 4.69) is 38.9 Å². The Labute approximate surface area is 205 Å². The summed E-state index contributed by atoms with van der Waals surface area (Å²) in [5.41, 5.74) is 2.13. The molecule has 0 aromatic heterocycles. The van der Waals surface area contributed by atoms with E-state index in [0.29, 0.717) is 23.7 Å². The Morgan fingerprint density at radius 2 is 1.94 bits per heavy atom. The van der Waals surface area contributed by atoms with Crippen molar-refractivity contribution >= 4 is 11.7 Å². The Kier molecular flexibility index (Phi) is 5.98. The van der Waals surface area contributed by atoms with E-state index in [4.69, 9.17) is 9.57 Å². The number of ether oxygens (including phenoxy) is 1. The number of allylic oxidation sites excluding steroid dienone is 1. The molecule has 0 amide bonds. The number of rotatable bonds is 4. The monoisotopic (exact) mass is 471 g/mol. The highest BCUT2D eigenvalue weighted by Crippen LogP contribution is 2.68. The number of nitrogens with zero attached hydrogens (tertiary/aromatic N) is 1. The maximum Gasteiger partial charge on any atom is 0.302 e. The maximum absolute atomic E-state index is 11.9. The van der Waals surface area contributed by atoms with Crippen molar-refractivity contribution in [1.29, 1.82) is 0 Å². The molecule has 0 radical (unpaired) electrons. The molecule has 9 atom stereocenters. The van der Waals surface area contributed by atoms with Gasteiger partial charge in [-0.1, -0.05) is 44.5 Å². The summed E-state index contributed by atoms with van der Waals surface area (Å²) in [7, 11) is 0. The first-order chi connectivity index (χ1) is 16.0. The molecule has 4 aliphatic carbocycles. The Bertz CT molecular complexity index is 891. The summed E-state index contributed by atoms with van der Waals surface area (Å²) < 4.78 is 5.60. The van der Waals surface area contributed by atoms with E-state index in [0.717, 1.165) is 44.2 Å². The molecule has 5 rings (SSSR count). The van der Waals surface area contributed by atoms with E-state index in [-0.39, 0.29) is 34.9 Å². The van der Waals surface area contributed by atoms with E-state index < -0.39 is 5.60 Å². The van der Waals surface area contributed by atoms with Crippen molar-refractivity contribution in [3.63, 3.8) is 0 Å². The molecule has 34 heavy (non-hydrogen) atoms. The van der Waals surface area contributed by atoms with Crippen molar-refractivity contribution in [2.45, 2.75) is 117 Å². The third kappa shape index (κ3) is 3.67. The van der Waals surface area contributed by atoms with Crippen LogP contribution in [-0.2, 0) is 14.4 Å². The summed E-state index contributed by atoms with van der Waals surface area (Å²) in [6.07, 6.45) is 11.9. The van der Waals surface area contributed by atoms with Crippen LogP contribution in [-0.4, -0.2) is 34.6 Å². The van der Waals surface area contributed by atoms with E-state index >= 15 is 0 Å². The average Bonchev–Trinajstić information content (AvgIpc) is 3.39. The number of hydrogen-bond donors (Lipinski definition) is 1. The molecule has 5 nitrogen and oxygen atoms in total. The van der Waals surface area contributed by atoms with Crippen LogP contribution >= 0.6 is 0 Å². The lowest BCUT2D eigenvalue weighted by molar-refractivity contribution is -0.159. The zero-order valence-electron chi connectivity index (χ0n) is 22.1. The van der Waals surface area contributed by atoms with Crippen LogP contribution in [0, 0.1) is 40.4 Å². The van der Waals surface area contributed by atoms with E-state index in [1.807, 2.05) is 6.92 Å². The van der Waals surface area contributed by atoms with Gasteiger partial charge in [-0.15, -0.1) is 0 Å². The lowest BCUT2D eigenvalue weighted by Gasteiger charge is -2.59. The van der Waals surface area contributed by atoms with Gasteiger partial charge in [-0.25, -0.2) is 0 Å². The lowest BCUT2D eigenvalue weighted by atomic mass is 9.46. The number of esters is 1. The van der Waals surface area contributed by atoms with E-state index in [9.17, 15) is 9.90 Å². The summed E-state index contributed by atoms with van der Waals surface area (Å²) in [5.74, 6) is 2.49. The molecule has 1 aliphatic heterocycles. The van der Waals surface area contributed by atoms with Gasteiger partial charge in [0.05, 0.1) is 5.71 Å². The molecule has 190 valence electrons. The van der Waals surface area contributed by atoms with Gasteiger partial charge in [0.2, 0.25) is 0 Å². The molecule has 0 spiro atoms. The predicted molar refractivity (Wildman–Crippen MR) is 133 cm³/mol. The largest absolute Gasteiger partial charge is 0.462 e. The van der Waals surface area contributed by atoms with Gasteiger partial charge in [-0.2, -0.15) is 0 Å². The Morgan fingerprint density at radius 1 is 1.18 bits per heavy atom. The number of aliphatic hydroxyl groups is 1. The molecular formula is C29H45NO4. The summed E-state index contributed by atoms with van der Waals surface area (Å²) in [5, 5.41) is 16.2. The van der Waals surface area contributed by atoms with Crippen LogP contribution in [0.25, 0.3) is 0 Å². The summed E-state index contributed by atoms with van der Waals surface area (Å²) >= 11 is 0. The van der Waals surface area contributed by atoms with Crippen LogP contribution in [0.4, 0.5) is 0 Å². The van der Waals surface area contributed by atoms with Crippen molar-refractivity contribution in [2.75, 3.05) is 0 Å². The van der Waals surface area contributed by atoms with Crippen LogP contribution in [0.15, 0.2) is 16.8 Å². The van der Waals surface area contributed by atoms with E-state index in [1.165, 1.54) is 31.8 Å². The molecule has 0 saturated heterocycles. The quantitative estimate of drug-likeness (QED) is 0.400. The Hall–Kier alpha value is -1.36. The number of oxime groups is 1. The molecule has 0 aromatic rings. The zero-order chi connectivity index (χ0) is 24.5. The fourth-order valence-corrected chi connectivity index (χ4v) is 9.20. The van der Waals surface area contributed by atoms with Crippen LogP contribution < -0.4 is 0 Å². The van der Waals surface area contributed by atoms with Crippen LogP contribution in [0.2, 0.25) is 0 Å². The first-order valence-corrected chi connectivity index (χ1v) is 13.8. The molecule has 5 heteroatoms. The summed E-state index contributed by atoms with van der Waals surface area (Å²) in [4.78, 5) is 17.4. The second kappa shape index (κ2) is 8.35. The highest BCUT2D eigenvalue weighted by molar-refractivity contribution is 5.87. The second-order valence-electron chi connectivity index (χ2n) is 13.2. The predicted octanol–water partition coefficient (Wildman–Crippen LogP) is 6.05. The van der Waals surface area contributed by atoms with Gasteiger partial charge < -0.3 is 14.7 Å². The van der Waals surface area contributed by atoms with Gasteiger partial charge in [0.25, 0.3) is 0 Å². The minimum Gasteiger partial charge on any atom is -0.462 e. The molecule has 0 unspecified atom stereocenters. The number of fused-ring (bicyclic) bond motifs is 5. The van der Waals surface area contributed by atoms with Gasteiger partial charge in [-0.05, 0) is 92.3 Å². The maximum atomic E-state index is 11.9. The minimum absolute atomic E-state index is 0.0533. The molecule has 0 bridgehead atoms.